The first-order valence-corrected chi connectivity index (χ1v) is 11.3. The number of carbonyl (C=O) groups is 1. The summed E-state index contributed by atoms with van der Waals surface area (Å²) < 4.78 is 25.8. The summed E-state index contributed by atoms with van der Waals surface area (Å²) in [4.78, 5) is 12.6. The molecule has 0 bridgehead atoms. The molecule has 0 aliphatic heterocycles. The number of nitriles is 1. The molecule has 0 unspecified atom stereocenters. The van der Waals surface area contributed by atoms with Gasteiger partial charge >= 0.3 is 0 Å². The molecule has 0 saturated carbocycles. The fraction of sp³-hybridized carbons (Fsp3) is 0.143. The van der Waals surface area contributed by atoms with E-state index in [0.717, 1.165) is 11.1 Å². The minimum atomic E-state index is -0.719. The molecule has 0 radical (unpaired) electrons. The quantitative estimate of drug-likeness (QED) is 0.194. The number of hydrogen-bond donors (Lipinski definition) is 1. The van der Waals surface area contributed by atoms with Crippen molar-refractivity contribution < 1.29 is 18.7 Å². The van der Waals surface area contributed by atoms with Gasteiger partial charge in [-0.05, 0) is 66.9 Å². The summed E-state index contributed by atoms with van der Waals surface area (Å²) in [5.74, 6) is -0.289. The smallest absolute Gasteiger partial charge is 0.266 e. The molecule has 0 saturated heterocycles. The Bertz CT molecular complexity index is 1280. The molecule has 0 fully saturated rings. The highest BCUT2D eigenvalue weighted by atomic mass is 35.5. The van der Waals surface area contributed by atoms with Crippen LogP contribution in [0.2, 0.25) is 5.02 Å². The lowest BCUT2D eigenvalue weighted by Gasteiger charge is -2.17. The number of halogens is 2. The Hall–Kier alpha value is -4.08. The number of ether oxygens (including phenoxy) is 2. The molecule has 0 atom stereocenters. The standard InChI is InChI=1S/C28H24ClFN2O3/c1-3-7-21-14-20(15-22(17-31)28(33)32-25-9-6-5-8-24(25)30)16-26(34-4-2)27(21)35-18-19-10-12-23(29)13-11-19/h3,5-6,8-16H,1,4,7,18H2,2H3,(H,32,33)/b22-15-. The molecular weight excluding hydrogens is 467 g/mol. The maximum atomic E-state index is 13.9. The van der Waals surface area contributed by atoms with Crippen LogP contribution in [0.4, 0.5) is 10.1 Å². The van der Waals surface area contributed by atoms with Crippen LogP contribution in [0.3, 0.4) is 0 Å². The first-order valence-electron chi connectivity index (χ1n) is 10.9. The van der Waals surface area contributed by atoms with E-state index in [1.165, 1.54) is 24.3 Å². The van der Waals surface area contributed by atoms with E-state index in [2.05, 4.69) is 11.9 Å². The predicted molar refractivity (Wildman–Crippen MR) is 136 cm³/mol. The van der Waals surface area contributed by atoms with Gasteiger partial charge in [-0.2, -0.15) is 5.26 Å². The number of anilines is 1. The first kappa shape index (κ1) is 25.5. The number of allylic oxidation sites excluding steroid dienone is 1. The highest BCUT2D eigenvalue weighted by Gasteiger charge is 2.16. The first-order chi connectivity index (χ1) is 16.9. The topological polar surface area (TPSA) is 71.4 Å². The summed E-state index contributed by atoms with van der Waals surface area (Å²) in [6.45, 7) is 6.34. The van der Waals surface area contributed by atoms with Gasteiger partial charge in [0.15, 0.2) is 11.5 Å². The number of hydrogen-bond acceptors (Lipinski definition) is 4. The van der Waals surface area contributed by atoms with Gasteiger partial charge < -0.3 is 14.8 Å². The molecule has 3 aromatic rings. The average Bonchev–Trinajstić information content (AvgIpc) is 2.85. The zero-order chi connectivity index (χ0) is 25.2. The number of carbonyl (C=O) groups excluding carboxylic acids is 1. The van der Waals surface area contributed by atoms with Crippen LogP contribution >= 0.6 is 11.6 Å². The summed E-state index contributed by atoms with van der Waals surface area (Å²) in [7, 11) is 0. The number of benzene rings is 3. The van der Waals surface area contributed by atoms with Crippen LogP contribution in [0.5, 0.6) is 11.5 Å². The van der Waals surface area contributed by atoms with Crippen LogP contribution in [0.25, 0.3) is 6.08 Å². The van der Waals surface area contributed by atoms with Crippen molar-refractivity contribution in [1.29, 1.82) is 5.26 Å². The Labute approximate surface area is 209 Å². The highest BCUT2D eigenvalue weighted by Crippen LogP contribution is 2.35. The summed E-state index contributed by atoms with van der Waals surface area (Å²) in [6.07, 6.45) is 3.62. The van der Waals surface area contributed by atoms with E-state index in [4.69, 9.17) is 21.1 Å². The van der Waals surface area contributed by atoms with E-state index in [1.807, 2.05) is 25.1 Å². The minimum absolute atomic E-state index is 0.00745. The number of nitrogens with zero attached hydrogens (tertiary/aromatic N) is 1. The van der Waals surface area contributed by atoms with Crippen LogP contribution in [-0.2, 0) is 17.8 Å². The molecule has 3 aromatic carbocycles. The van der Waals surface area contributed by atoms with Gasteiger partial charge in [-0.15, -0.1) is 6.58 Å². The molecule has 178 valence electrons. The molecule has 7 heteroatoms. The normalized spacial score (nSPS) is 10.9. The van der Waals surface area contributed by atoms with Crippen molar-refractivity contribution in [2.24, 2.45) is 0 Å². The molecule has 3 rings (SSSR count). The van der Waals surface area contributed by atoms with Gasteiger partial charge in [-0.1, -0.05) is 41.9 Å². The maximum absolute atomic E-state index is 13.9. The van der Waals surface area contributed by atoms with Crippen molar-refractivity contribution in [1.82, 2.24) is 0 Å². The lowest BCUT2D eigenvalue weighted by Crippen LogP contribution is -2.14. The van der Waals surface area contributed by atoms with E-state index in [0.29, 0.717) is 41.7 Å². The Morgan fingerprint density at radius 3 is 2.57 bits per heavy atom. The second-order valence-electron chi connectivity index (χ2n) is 7.45. The van der Waals surface area contributed by atoms with Crippen molar-refractivity contribution in [2.45, 2.75) is 20.0 Å². The fourth-order valence-corrected chi connectivity index (χ4v) is 3.43. The third kappa shape index (κ3) is 6.95. The molecule has 5 nitrogen and oxygen atoms in total. The Kier molecular flexibility index (Phi) is 9.05. The Morgan fingerprint density at radius 2 is 1.91 bits per heavy atom. The summed E-state index contributed by atoms with van der Waals surface area (Å²) in [6, 6.07) is 18.5. The molecule has 0 aliphatic rings. The van der Waals surface area contributed by atoms with E-state index in [9.17, 15) is 14.4 Å². The molecular formula is C28H24ClFN2O3. The van der Waals surface area contributed by atoms with E-state index >= 15 is 0 Å². The van der Waals surface area contributed by atoms with Gasteiger partial charge in [0.2, 0.25) is 0 Å². The van der Waals surface area contributed by atoms with E-state index in [1.54, 1.807) is 36.4 Å². The largest absolute Gasteiger partial charge is 0.490 e. The third-order valence-electron chi connectivity index (χ3n) is 4.91. The van der Waals surface area contributed by atoms with E-state index in [-0.39, 0.29) is 11.3 Å². The maximum Gasteiger partial charge on any atom is 0.266 e. The van der Waals surface area contributed by atoms with Crippen molar-refractivity contribution in [3.63, 3.8) is 0 Å². The molecule has 0 aliphatic carbocycles. The Morgan fingerprint density at radius 1 is 1.17 bits per heavy atom. The lowest BCUT2D eigenvalue weighted by molar-refractivity contribution is -0.112. The summed E-state index contributed by atoms with van der Waals surface area (Å²) in [5.41, 5.74) is 2.08. The SMILES string of the molecule is C=CCc1cc(/C=C(/C#N)C(=O)Nc2ccccc2F)cc(OCC)c1OCc1ccc(Cl)cc1. The zero-order valence-electron chi connectivity index (χ0n) is 19.2. The van der Waals surface area contributed by atoms with Gasteiger partial charge in [-0.25, -0.2) is 4.39 Å². The van der Waals surface area contributed by atoms with E-state index < -0.39 is 11.7 Å². The molecule has 1 amide bonds. The van der Waals surface area contributed by atoms with Gasteiger partial charge in [-0.3, -0.25) is 4.79 Å². The van der Waals surface area contributed by atoms with Gasteiger partial charge in [0.05, 0.1) is 12.3 Å². The molecule has 35 heavy (non-hydrogen) atoms. The molecule has 0 heterocycles. The second kappa shape index (κ2) is 12.4. The number of amides is 1. The molecule has 1 N–H and O–H groups in total. The van der Waals surface area contributed by atoms with Gasteiger partial charge in [0, 0.05) is 10.6 Å². The lowest BCUT2D eigenvalue weighted by atomic mass is 10.0. The van der Waals surface area contributed by atoms with Crippen LogP contribution in [0.15, 0.2) is 78.9 Å². The molecule has 0 aromatic heterocycles. The zero-order valence-corrected chi connectivity index (χ0v) is 19.9. The summed E-state index contributed by atoms with van der Waals surface area (Å²) in [5, 5.41) is 12.6. The summed E-state index contributed by atoms with van der Waals surface area (Å²) >= 11 is 5.96. The van der Waals surface area contributed by atoms with Crippen molar-refractivity contribution in [3.8, 4) is 17.6 Å². The van der Waals surface area contributed by atoms with Crippen LogP contribution in [-0.4, -0.2) is 12.5 Å². The fourth-order valence-electron chi connectivity index (χ4n) is 3.30. The van der Waals surface area contributed by atoms with Crippen LogP contribution in [0, 0.1) is 17.1 Å². The highest BCUT2D eigenvalue weighted by molar-refractivity contribution is 6.30. The third-order valence-corrected chi connectivity index (χ3v) is 5.16. The minimum Gasteiger partial charge on any atom is -0.490 e. The number of para-hydroxylation sites is 1. The van der Waals surface area contributed by atoms with Crippen LogP contribution < -0.4 is 14.8 Å². The molecule has 0 spiro atoms. The van der Waals surface area contributed by atoms with Crippen LogP contribution in [0.1, 0.15) is 23.6 Å². The van der Waals surface area contributed by atoms with Crippen molar-refractivity contribution >= 4 is 29.3 Å². The van der Waals surface area contributed by atoms with Crippen molar-refractivity contribution in [3.05, 3.63) is 106 Å². The van der Waals surface area contributed by atoms with Gasteiger partial charge in [0.1, 0.15) is 24.1 Å². The second-order valence-corrected chi connectivity index (χ2v) is 7.89. The average molecular weight is 491 g/mol. The number of nitrogens with one attached hydrogen (secondary N) is 1. The van der Waals surface area contributed by atoms with Gasteiger partial charge in [0.25, 0.3) is 5.91 Å². The predicted octanol–water partition coefficient (Wildman–Crippen LogP) is 6.73. The Balaban J connectivity index is 1.93. The number of rotatable bonds is 10. The monoisotopic (exact) mass is 490 g/mol. The van der Waals surface area contributed by atoms with Crippen molar-refractivity contribution in [2.75, 3.05) is 11.9 Å².